The molecule has 96 valence electrons. The molecule has 0 saturated carbocycles. The first kappa shape index (κ1) is 13.0. The number of anilines is 1. The van der Waals surface area contributed by atoms with Gasteiger partial charge in [-0.05, 0) is 48.7 Å². The minimum Gasteiger partial charge on any atom is -0.398 e. The zero-order chi connectivity index (χ0) is 13.9. The number of rotatable bonds is 3. The first-order chi connectivity index (χ1) is 9.05. The number of nitrogen functional groups attached to an aromatic ring is 1. The topological polar surface area (TPSA) is 62.7 Å². The molecule has 2 aromatic rings. The number of benzene rings is 1. The number of halogens is 1. The van der Waals surface area contributed by atoms with Gasteiger partial charge in [-0.2, -0.15) is 5.26 Å². The number of hydrogen-bond donors (Lipinski definition) is 1. The minimum absolute atomic E-state index is 0.392. The molecule has 1 aromatic heterocycles. The molecule has 0 spiro atoms. The summed E-state index contributed by atoms with van der Waals surface area (Å²) in [5.74, 6) is -0.392. The standard InChI is InChI=1S/C15H14FN3/c1-15(10-17,8-11-3-2-6-19-9-11)13-7-12(16)4-5-14(13)18/h2-7,9H,8,18H2,1H3. The third kappa shape index (κ3) is 2.71. The lowest BCUT2D eigenvalue weighted by molar-refractivity contribution is 0.586. The summed E-state index contributed by atoms with van der Waals surface area (Å²) in [6.45, 7) is 1.76. The molecule has 1 unspecified atom stereocenters. The Bertz CT molecular complexity index is 619. The molecule has 1 heterocycles. The van der Waals surface area contributed by atoms with Crippen LogP contribution in [0.3, 0.4) is 0 Å². The molecule has 0 aliphatic carbocycles. The SMILES string of the molecule is CC(C#N)(Cc1cccnc1)c1cc(F)ccc1N. The highest BCUT2D eigenvalue weighted by molar-refractivity contribution is 5.53. The summed E-state index contributed by atoms with van der Waals surface area (Å²) in [5, 5.41) is 9.47. The van der Waals surface area contributed by atoms with Crippen LogP contribution in [-0.2, 0) is 11.8 Å². The van der Waals surface area contributed by atoms with E-state index in [1.165, 1.54) is 18.2 Å². The van der Waals surface area contributed by atoms with Gasteiger partial charge in [0.25, 0.3) is 0 Å². The second kappa shape index (κ2) is 5.07. The largest absolute Gasteiger partial charge is 0.398 e. The lowest BCUT2D eigenvalue weighted by atomic mass is 9.78. The first-order valence-corrected chi connectivity index (χ1v) is 5.91. The number of aromatic nitrogens is 1. The zero-order valence-corrected chi connectivity index (χ0v) is 10.6. The van der Waals surface area contributed by atoms with E-state index in [-0.39, 0.29) is 0 Å². The van der Waals surface area contributed by atoms with E-state index in [0.29, 0.717) is 17.7 Å². The number of hydrogen-bond acceptors (Lipinski definition) is 3. The first-order valence-electron chi connectivity index (χ1n) is 5.91. The highest BCUT2D eigenvalue weighted by atomic mass is 19.1. The molecule has 1 atom stereocenters. The summed E-state index contributed by atoms with van der Waals surface area (Å²) in [5.41, 5.74) is 6.84. The van der Waals surface area contributed by atoms with Crippen molar-refractivity contribution in [3.63, 3.8) is 0 Å². The predicted octanol–water partition coefficient (Wildman–Crippen LogP) is 2.83. The fourth-order valence-corrected chi connectivity index (χ4v) is 2.11. The minimum atomic E-state index is -0.880. The summed E-state index contributed by atoms with van der Waals surface area (Å²) in [6, 6.07) is 10.0. The van der Waals surface area contributed by atoms with Crippen molar-refractivity contribution in [1.82, 2.24) is 4.98 Å². The smallest absolute Gasteiger partial charge is 0.123 e. The monoisotopic (exact) mass is 255 g/mol. The second-order valence-corrected chi connectivity index (χ2v) is 4.71. The van der Waals surface area contributed by atoms with Gasteiger partial charge in [0.05, 0.1) is 11.5 Å². The van der Waals surface area contributed by atoms with Gasteiger partial charge in [0.2, 0.25) is 0 Å². The summed E-state index contributed by atoms with van der Waals surface area (Å²) in [7, 11) is 0. The Labute approximate surface area is 111 Å². The van der Waals surface area contributed by atoms with Gasteiger partial charge in [0.15, 0.2) is 0 Å². The van der Waals surface area contributed by atoms with Crippen LogP contribution in [-0.4, -0.2) is 4.98 Å². The van der Waals surface area contributed by atoms with Crippen LogP contribution in [0.4, 0.5) is 10.1 Å². The molecule has 0 saturated heterocycles. The van der Waals surface area contributed by atoms with Crippen molar-refractivity contribution in [3.8, 4) is 6.07 Å². The number of pyridine rings is 1. The quantitative estimate of drug-likeness (QED) is 0.858. The van der Waals surface area contributed by atoms with Gasteiger partial charge in [-0.1, -0.05) is 6.07 Å². The number of nitrogens with zero attached hydrogens (tertiary/aromatic N) is 2. The fraction of sp³-hybridized carbons (Fsp3) is 0.200. The molecule has 0 aliphatic heterocycles. The molecular weight excluding hydrogens is 241 g/mol. The Kier molecular flexibility index (Phi) is 3.48. The average Bonchev–Trinajstić information content (AvgIpc) is 2.42. The Balaban J connectivity index is 2.43. The normalized spacial score (nSPS) is 13.5. The predicted molar refractivity (Wildman–Crippen MR) is 71.7 cm³/mol. The number of nitriles is 1. The van der Waals surface area contributed by atoms with Gasteiger partial charge in [-0.25, -0.2) is 4.39 Å². The number of nitrogens with two attached hydrogens (primary N) is 1. The van der Waals surface area contributed by atoms with Crippen LogP contribution >= 0.6 is 0 Å². The highest BCUT2D eigenvalue weighted by Gasteiger charge is 2.29. The summed E-state index contributed by atoms with van der Waals surface area (Å²) < 4.78 is 13.4. The molecule has 1 aromatic carbocycles. The molecular formula is C15H14FN3. The summed E-state index contributed by atoms with van der Waals surface area (Å²) in [4.78, 5) is 4.02. The van der Waals surface area contributed by atoms with E-state index in [9.17, 15) is 9.65 Å². The maximum atomic E-state index is 13.4. The second-order valence-electron chi connectivity index (χ2n) is 4.71. The van der Waals surface area contributed by atoms with Gasteiger partial charge in [-0.3, -0.25) is 4.98 Å². The van der Waals surface area contributed by atoms with Crippen LogP contribution in [0.15, 0.2) is 42.7 Å². The van der Waals surface area contributed by atoms with E-state index in [4.69, 9.17) is 5.73 Å². The van der Waals surface area contributed by atoms with Crippen molar-refractivity contribution in [3.05, 3.63) is 59.7 Å². The molecule has 0 bridgehead atoms. The van der Waals surface area contributed by atoms with Crippen molar-refractivity contribution >= 4 is 5.69 Å². The van der Waals surface area contributed by atoms with E-state index in [1.54, 1.807) is 19.3 Å². The van der Waals surface area contributed by atoms with Crippen molar-refractivity contribution in [2.45, 2.75) is 18.8 Å². The summed E-state index contributed by atoms with van der Waals surface area (Å²) in [6.07, 6.45) is 3.81. The van der Waals surface area contributed by atoms with Gasteiger partial charge >= 0.3 is 0 Å². The molecule has 0 amide bonds. The van der Waals surface area contributed by atoms with Crippen LogP contribution in [0, 0.1) is 17.1 Å². The Hall–Kier alpha value is -2.41. The molecule has 0 fully saturated rings. The molecule has 3 nitrogen and oxygen atoms in total. The maximum Gasteiger partial charge on any atom is 0.123 e. The summed E-state index contributed by atoms with van der Waals surface area (Å²) >= 11 is 0. The molecule has 19 heavy (non-hydrogen) atoms. The highest BCUT2D eigenvalue weighted by Crippen LogP contribution is 2.32. The van der Waals surface area contributed by atoms with E-state index >= 15 is 0 Å². The van der Waals surface area contributed by atoms with Crippen LogP contribution in [0.2, 0.25) is 0 Å². The molecule has 0 radical (unpaired) electrons. The van der Waals surface area contributed by atoms with Gasteiger partial charge in [-0.15, -0.1) is 0 Å². The lowest BCUT2D eigenvalue weighted by Gasteiger charge is -2.23. The van der Waals surface area contributed by atoms with Gasteiger partial charge in [0, 0.05) is 18.1 Å². The average molecular weight is 255 g/mol. The lowest BCUT2D eigenvalue weighted by Crippen LogP contribution is -2.24. The van der Waals surface area contributed by atoms with Crippen molar-refractivity contribution < 1.29 is 4.39 Å². The van der Waals surface area contributed by atoms with E-state index < -0.39 is 11.2 Å². The maximum absolute atomic E-state index is 13.4. The zero-order valence-electron chi connectivity index (χ0n) is 10.6. The Morgan fingerprint density at radius 3 is 2.84 bits per heavy atom. The molecule has 2 N–H and O–H groups in total. The third-order valence-electron chi connectivity index (χ3n) is 3.14. The van der Waals surface area contributed by atoms with E-state index in [2.05, 4.69) is 11.1 Å². The van der Waals surface area contributed by atoms with Crippen LogP contribution in [0.1, 0.15) is 18.1 Å². The molecule has 4 heteroatoms. The van der Waals surface area contributed by atoms with Crippen molar-refractivity contribution in [1.29, 1.82) is 5.26 Å². The van der Waals surface area contributed by atoms with Crippen molar-refractivity contribution in [2.24, 2.45) is 0 Å². The van der Waals surface area contributed by atoms with E-state index in [0.717, 1.165) is 5.56 Å². The van der Waals surface area contributed by atoms with Gasteiger partial charge in [0.1, 0.15) is 5.82 Å². The molecule has 0 aliphatic rings. The van der Waals surface area contributed by atoms with Crippen molar-refractivity contribution in [2.75, 3.05) is 5.73 Å². The Morgan fingerprint density at radius 2 is 2.21 bits per heavy atom. The van der Waals surface area contributed by atoms with Crippen LogP contribution in [0.25, 0.3) is 0 Å². The fourth-order valence-electron chi connectivity index (χ4n) is 2.11. The van der Waals surface area contributed by atoms with Crippen LogP contribution < -0.4 is 5.73 Å². The van der Waals surface area contributed by atoms with Gasteiger partial charge < -0.3 is 5.73 Å². The third-order valence-corrected chi connectivity index (χ3v) is 3.14. The Morgan fingerprint density at radius 1 is 1.42 bits per heavy atom. The van der Waals surface area contributed by atoms with E-state index in [1.807, 2.05) is 12.1 Å². The van der Waals surface area contributed by atoms with Crippen LogP contribution in [0.5, 0.6) is 0 Å². The molecule has 2 rings (SSSR count).